The summed E-state index contributed by atoms with van der Waals surface area (Å²) in [6.45, 7) is 2.77. The third-order valence-corrected chi connectivity index (χ3v) is 6.71. The van der Waals surface area contributed by atoms with Gasteiger partial charge in [0.2, 0.25) is 0 Å². The van der Waals surface area contributed by atoms with Crippen molar-refractivity contribution in [2.24, 2.45) is 4.99 Å². The van der Waals surface area contributed by atoms with Crippen LogP contribution in [-0.2, 0) is 13.0 Å². The molecule has 29 heavy (non-hydrogen) atoms. The predicted molar refractivity (Wildman–Crippen MR) is 119 cm³/mol. The van der Waals surface area contributed by atoms with E-state index in [1.54, 1.807) is 11.3 Å². The molecule has 3 heterocycles. The van der Waals surface area contributed by atoms with E-state index in [0.29, 0.717) is 18.2 Å². The number of aliphatic imine (C=N–C) groups is 1. The largest absolute Gasteiger partial charge is 0.396 e. The predicted octanol–water partition coefficient (Wildman–Crippen LogP) is 5.13. The third kappa shape index (κ3) is 4.29. The molecule has 0 radical (unpaired) electrons. The number of aryl methyl sites for hydroxylation is 2. The second kappa shape index (κ2) is 9.20. The second-order valence-electron chi connectivity index (χ2n) is 7.32. The third-order valence-electron chi connectivity index (χ3n) is 5.20. The van der Waals surface area contributed by atoms with Crippen LogP contribution < -0.4 is 0 Å². The van der Waals surface area contributed by atoms with Crippen molar-refractivity contribution in [3.05, 3.63) is 63.0 Å². The zero-order valence-corrected chi connectivity index (χ0v) is 18.1. The smallest absolute Gasteiger partial charge is 0.160 e. The number of fused-ring (bicyclic) bond motifs is 3. The molecule has 1 N–H and O–H groups in total. The molecular weight excluding hydrogens is 404 g/mol. The van der Waals surface area contributed by atoms with Crippen molar-refractivity contribution in [2.75, 3.05) is 6.61 Å². The monoisotopic (exact) mass is 428 g/mol. The maximum absolute atomic E-state index is 8.91. The number of thiophene rings is 1. The number of halogens is 1. The molecule has 0 saturated carbocycles. The van der Waals surface area contributed by atoms with Gasteiger partial charge in [0.05, 0.1) is 5.71 Å². The molecule has 0 fully saturated rings. The lowest BCUT2D eigenvalue weighted by molar-refractivity contribution is 0.282. The standard InChI is InChI=1S/C22H25ClN4OS/c1-15-25-26-20-14-24-21(17-10-6-7-11-19(17)23)18-13-16(29-22(18)27(15)20)9-5-3-2-4-8-12-28/h6-7,10-11,13,28H,2-5,8-9,12,14H2,1H3. The highest BCUT2D eigenvalue weighted by Gasteiger charge is 2.25. The minimum absolute atomic E-state index is 0.294. The Morgan fingerprint density at radius 2 is 1.86 bits per heavy atom. The maximum Gasteiger partial charge on any atom is 0.160 e. The van der Waals surface area contributed by atoms with Gasteiger partial charge in [-0.25, -0.2) is 0 Å². The first-order valence-electron chi connectivity index (χ1n) is 10.1. The molecule has 2 aromatic heterocycles. The highest BCUT2D eigenvalue weighted by Crippen LogP contribution is 2.35. The summed E-state index contributed by atoms with van der Waals surface area (Å²) in [6.07, 6.45) is 6.56. The normalized spacial score (nSPS) is 13.0. The molecule has 0 atom stereocenters. The number of nitrogens with zero attached hydrogens (tertiary/aromatic N) is 4. The van der Waals surface area contributed by atoms with Crippen LogP contribution in [0.2, 0.25) is 5.02 Å². The molecule has 7 heteroatoms. The fraction of sp³-hybridized carbons (Fsp3) is 0.409. The zero-order chi connectivity index (χ0) is 20.2. The van der Waals surface area contributed by atoms with Gasteiger partial charge in [-0.05, 0) is 38.3 Å². The van der Waals surface area contributed by atoms with E-state index in [4.69, 9.17) is 21.7 Å². The van der Waals surface area contributed by atoms with E-state index in [0.717, 1.165) is 59.2 Å². The van der Waals surface area contributed by atoms with Crippen LogP contribution in [-0.4, -0.2) is 32.2 Å². The van der Waals surface area contributed by atoms with E-state index in [2.05, 4.69) is 20.8 Å². The molecule has 0 aliphatic carbocycles. The van der Waals surface area contributed by atoms with Crippen molar-refractivity contribution < 1.29 is 5.11 Å². The van der Waals surface area contributed by atoms with E-state index >= 15 is 0 Å². The number of rotatable bonds is 8. The molecule has 0 bridgehead atoms. The van der Waals surface area contributed by atoms with Crippen LogP contribution in [0.3, 0.4) is 0 Å². The molecule has 152 valence electrons. The quantitative estimate of drug-likeness (QED) is 0.506. The SMILES string of the molecule is Cc1nnc2n1-c1sc(CCCCCCCO)cc1C(c1ccccc1Cl)=NC2. The molecule has 0 amide bonds. The summed E-state index contributed by atoms with van der Waals surface area (Å²) in [5.74, 6) is 1.75. The van der Waals surface area contributed by atoms with Gasteiger partial charge >= 0.3 is 0 Å². The average Bonchev–Trinajstić information content (AvgIpc) is 3.25. The Bertz CT molecular complexity index is 1020. The molecule has 1 aliphatic rings. The fourth-order valence-electron chi connectivity index (χ4n) is 3.72. The first-order chi connectivity index (χ1) is 14.2. The minimum atomic E-state index is 0.294. The number of unbranched alkanes of at least 4 members (excludes halogenated alkanes) is 4. The highest BCUT2D eigenvalue weighted by molar-refractivity contribution is 7.15. The topological polar surface area (TPSA) is 63.3 Å². The van der Waals surface area contributed by atoms with Gasteiger partial charge in [0, 0.05) is 27.6 Å². The molecule has 3 aromatic rings. The molecule has 0 unspecified atom stereocenters. The lowest BCUT2D eigenvalue weighted by Crippen LogP contribution is -2.05. The Hall–Kier alpha value is -2.02. The minimum Gasteiger partial charge on any atom is -0.396 e. The molecule has 0 spiro atoms. The van der Waals surface area contributed by atoms with Crippen LogP contribution in [0, 0.1) is 6.92 Å². The Morgan fingerprint density at radius 3 is 2.69 bits per heavy atom. The van der Waals surface area contributed by atoms with Crippen molar-refractivity contribution in [1.82, 2.24) is 14.8 Å². The maximum atomic E-state index is 8.91. The molecule has 4 rings (SSSR count). The van der Waals surface area contributed by atoms with Crippen LogP contribution in [0.5, 0.6) is 0 Å². The summed E-state index contributed by atoms with van der Waals surface area (Å²) >= 11 is 8.32. The number of aliphatic hydroxyl groups excluding tert-OH is 1. The van der Waals surface area contributed by atoms with Crippen LogP contribution >= 0.6 is 22.9 Å². The zero-order valence-electron chi connectivity index (χ0n) is 16.6. The Balaban J connectivity index is 1.65. The van der Waals surface area contributed by atoms with E-state index in [-0.39, 0.29) is 0 Å². The summed E-state index contributed by atoms with van der Waals surface area (Å²) in [5.41, 5.74) is 3.00. The highest BCUT2D eigenvalue weighted by atomic mass is 35.5. The van der Waals surface area contributed by atoms with Gasteiger partial charge in [0.25, 0.3) is 0 Å². The van der Waals surface area contributed by atoms with Crippen molar-refractivity contribution >= 4 is 28.6 Å². The van der Waals surface area contributed by atoms with Crippen molar-refractivity contribution in [2.45, 2.75) is 52.0 Å². The Morgan fingerprint density at radius 1 is 1.07 bits per heavy atom. The van der Waals surface area contributed by atoms with Crippen LogP contribution in [0.1, 0.15) is 59.8 Å². The van der Waals surface area contributed by atoms with Gasteiger partial charge in [0.15, 0.2) is 5.82 Å². The number of hydrogen-bond acceptors (Lipinski definition) is 5. The second-order valence-corrected chi connectivity index (χ2v) is 8.84. The van der Waals surface area contributed by atoms with E-state index < -0.39 is 0 Å². The Labute approximate surface area is 180 Å². The van der Waals surface area contributed by atoms with Crippen molar-refractivity contribution in [3.63, 3.8) is 0 Å². The number of aliphatic hydroxyl groups is 1. The van der Waals surface area contributed by atoms with E-state index in [1.807, 2.05) is 31.2 Å². The van der Waals surface area contributed by atoms with E-state index in [1.165, 1.54) is 17.7 Å². The van der Waals surface area contributed by atoms with Gasteiger partial charge in [0.1, 0.15) is 17.4 Å². The number of aromatic nitrogens is 3. The van der Waals surface area contributed by atoms with Gasteiger partial charge in [-0.2, -0.15) is 0 Å². The van der Waals surface area contributed by atoms with E-state index in [9.17, 15) is 0 Å². The summed E-state index contributed by atoms with van der Waals surface area (Å²) in [6, 6.07) is 10.2. The van der Waals surface area contributed by atoms with Gasteiger partial charge in [-0.3, -0.25) is 9.56 Å². The van der Waals surface area contributed by atoms with Gasteiger partial charge < -0.3 is 5.11 Å². The van der Waals surface area contributed by atoms with Crippen LogP contribution in [0.25, 0.3) is 5.00 Å². The average molecular weight is 429 g/mol. The summed E-state index contributed by atoms with van der Waals surface area (Å²) < 4.78 is 2.14. The summed E-state index contributed by atoms with van der Waals surface area (Å²) in [4.78, 5) is 6.23. The molecule has 1 aromatic carbocycles. The lowest BCUT2D eigenvalue weighted by atomic mass is 10.0. The molecule has 1 aliphatic heterocycles. The summed E-state index contributed by atoms with van der Waals surface area (Å²) in [5, 5.41) is 19.4. The molecule has 0 saturated heterocycles. The Kier molecular flexibility index (Phi) is 6.43. The number of benzene rings is 1. The lowest BCUT2D eigenvalue weighted by Gasteiger charge is -2.08. The van der Waals surface area contributed by atoms with Crippen molar-refractivity contribution in [3.8, 4) is 5.00 Å². The van der Waals surface area contributed by atoms with Gasteiger partial charge in [-0.15, -0.1) is 21.5 Å². The van der Waals surface area contributed by atoms with Gasteiger partial charge in [-0.1, -0.05) is 49.1 Å². The van der Waals surface area contributed by atoms with Crippen LogP contribution in [0.4, 0.5) is 0 Å². The van der Waals surface area contributed by atoms with Crippen LogP contribution in [0.15, 0.2) is 35.3 Å². The first-order valence-corrected chi connectivity index (χ1v) is 11.3. The van der Waals surface area contributed by atoms with Crippen molar-refractivity contribution in [1.29, 1.82) is 0 Å². The fourth-order valence-corrected chi connectivity index (χ4v) is 5.21. The summed E-state index contributed by atoms with van der Waals surface area (Å²) in [7, 11) is 0. The molecule has 5 nitrogen and oxygen atoms in total. The first kappa shape index (κ1) is 20.3. The number of hydrogen-bond donors (Lipinski definition) is 1. The molecular formula is C22H25ClN4OS.